The molecule has 1 aromatic carbocycles. The van der Waals surface area contributed by atoms with Gasteiger partial charge in [-0.15, -0.1) is 0 Å². The Bertz CT molecular complexity index is 740. The summed E-state index contributed by atoms with van der Waals surface area (Å²) in [5.74, 6) is -0.411. The van der Waals surface area contributed by atoms with Crippen LogP contribution in [0.2, 0.25) is 0 Å². The monoisotopic (exact) mass is 350 g/mol. The smallest absolute Gasteiger partial charge is 0.338 e. The number of amides is 1. The fourth-order valence-electron chi connectivity index (χ4n) is 2.55. The number of ether oxygens (including phenoxy) is 2. The predicted molar refractivity (Wildman–Crippen MR) is 90.6 cm³/mol. The molecule has 8 heteroatoms. The third-order valence-corrected chi connectivity index (χ3v) is 4.69. The van der Waals surface area contributed by atoms with Crippen molar-refractivity contribution in [2.45, 2.75) is 6.92 Å². The Morgan fingerprint density at radius 3 is 2.92 bits per heavy atom. The number of hydrogen-bond donors (Lipinski definition) is 2. The van der Waals surface area contributed by atoms with Crippen molar-refractivity contribution in [1.29, 1.82) is 0 Å². The van der Waals surface area contributed by atoms with E-state index in [9.17, 15) is 9.59 Å². The van der Waals surface area contributed by atoms with Crippen LogP contribution in [0.5, 0.6) is 0 Å². The number of morpholine rings is 1. The minimum absolute atomic E-state index is 0.0587. The van der Waals surface area contributed by atoms with E-state index in [1.54, 1.807) is 25.1 Å². The molecular weight excluding hydrogens is 330 g/mol. The molecule has 1 amide bonds. The lowest BCUT2D eigenvalue weighted by molar-refractivity contribution is -0.899. The number of carbonyl (C=O) groups is 2. The molecule has 2 N–H and O–H groups in total. The molecule has 24 heavy (non-hydrogen) atoms. The molecule has 0 saturated carbocycles. The van der Waals surface area contributed by atoms with Crippen molar-refractivity contribution in [1.82, 2.24) is 4.98 Å². The third kappa shape index (κ3) is 4.08. The number of esters is 1. The highest BCUT2D eigenvalue weighted by molar-refractivity contribution is 7.22. The average Bonchev–Trinajstić information content (AvgIpc) is 2.97. The van der Waals surface area contributed by atoms with Crippen molar-refractivity contribution in [3.8, 4) is 0 Å². The van der Waals surface area contributed by atoms with Gasteiger partial charge in [0.15, 0.2) is 11.7 Å². The van der Waals surface area contributed by atoms with Crippen LogP contribution in [0.4, 0.5) is 5.13 Å². The first kappa shape index (κ1) is 16.8. The standard InChI is InChI=1S/C16H19N3O4S/c1-2-23-15(21)11-3-4-12-13(9-11)24-16(17-12)18-14(20)10-19-5-7-22-8-6-19/h3-4,9H,2,5-8,10H2,1H3,(H,17,18,20)/p+1. The first-order valence-electron chi connectivity index (χ1n) is 7.94. The first-order chi connectivity index (χ1) is 11.7. The van der Waals surface area contributed by atoms with Crippen LogP contribution in [-0.4, -0.2) is 56.3 Å². The highest BCUT2D eigenvalue weighted by atomic mass is 32.1. The number of aromatic nitrogens is 1. The van der Waals surface area contributed by atoms with Crippen LogP contribution < -0.4 is 10.2 Å². The van der Waals surface area contributed by atoms with Crippen LogP contribution in [0.25, 0.3) is 10.2 Å². The normalized spacial score (nSPS) is 15.4. The van der Waals surface area contributed by atoms with Crippen LogP contribution in [0.3, 0.4) is 0 Å². The van der Waals surface area contributed by atoms with Crippen molar-refractivity contribution in [2.75, 3.05) is 44.8 Å². The van der Waals surface area contributed by atoms with Gasteiger partial charge in [0.05, 0.1) is 35.6 Å². The van der Waals surface area contributed by atoms with E-state index in [4.69, 9.17) is 9.47 Å². The van der Waals surface area contributed by atoms with Gasteiger partial charge >= 0.3 is 5.97 Å². The van der Waals surface area contributed by atoms with E-state index in [2.05, 4.69) is 10.3 Å². The Kier molecular flexibility index (Phi) is 5.39. The largest absolute Gasteiger partial charge is 0.462 e. The van der Waals surface area contributed by atoms with Gasteiger partial charge < -0.3 is 14.4 Å². The maximum Gasteiger partial charge on any atom is 0.338 e. The van der Waals surface area contributed by atoms with Gasteiger partial charge in [-0.2, -0.15) is 0 Å². The van der Waals surface area contributed by atoms with E-state index in [0.717, 1.165) is 23.3 Å². The highest BCUT2D eigenvalue weighted by Crippen LogP contribution is 2.27. The van der Waals surface area contributed by atoms with E-state index >= 15 is 0 Å². The van der Waals surface area contributed by atoms with E-state index in [0.29, 0.717) is 37.1 Å². The van der Waals surface area contributed by atoms with Crippen molar-refractivity contribution in [2.24, 2.45) is 0 Å². The predicted octanol–water partition coefficient (Wildman–Crippen LogP) is 0.327. The number of nitrogens with one attached hydrogen (secondary N) is 2. The molecule has 0 unspecified atom stereocenters. The zero-order valence-electron chi connectivity index (χ0n) is 13.5. The Hall–Kier alpha value is -2.03. The number of benzene rings is 1. The lowest BCUT2D eigenvalue weighted by atomic mass is 10.2. The molecule has 0 spiro atoms. The lowest BCUT2D eigenvalue weighted by Crippen LogP contribution is -3.15. The third-order valence-electron chi connectivity index (χ3n) is 3.76. The summed E-state index contributed by atoms with van der Waals surface area (Å²) in [6.45, 7) is 5.60. The molecule has 7 nitrogen and oxygen atoms in total. The molecule has 1 aromatic heterocycles. The number of nitrogens with zero attached hydrogens (tertiary/aromatic N) is 1. The summed E-state index contributed by atoms with van der Waals surface area (Å²) in [6, 6.07) is 5.19. The summed E-state index contributed by atoms with van der Waals surface area (Å²) in [5.41, 5.74) is 1.24. The molecule has 0 atom stereocenters. The van der Waals surface area contributed by atoms with Gasteiger partial charge in [-0.1, -0.05) is 11.3 Å². The number of thiazole rings is 1. The Morgan fingerprint density at radius 1 is 1.38 bits per heavy atom. The van der Waals surface area contributed by atoms with Crippen molar-refractivity contribution < 1.29 is 24.0 Å². The summed E-state index contributed by atoms with van der Waals surface area (Å²) in [4.78, 5) is 29.5. The van der Waals surface area contributed by atoms with Crippen LogP contribution in [0.1, 0.15) is 17.3 Å². The van der Waals surface area contributed by atoms with Crippen molar-refractivity contribution in [3.63, 3.8) is 0 Å². The van der Waals surface area contributed by atoms with Crippen LogP contribution in [0.15, 0.2) is 18.2 Å². The van der Waals surface area contributed by atoms with Crippen molar-refractivity contribution in [3.05, 3.63) is 23.8 Å². The van der Waals surface area contributed by atoms with E-state index < -0.39 is 0 Å². The molecule has 1 fully saturated rings. The van der Waals surface area contributed by atoms with Gasteiger partial charge in [0, 0.05) is 0 Å². The number of quaternary nitrogens is 1. The average molecular weight is 350 g/mol. The minimum Gasteiger partial charge on any atom is -0.462 e. The fraction of sp³-hybridized carbons (Fsp3) is 0.438. The second-order valence-electron chi connectivity index (χ2n) is 5.51. The summed E-state index contributed by atoms with van der Waals surface area (Å²) < 4.78 is 11.1. The minimum atomic E-state index is -0.352. The second-order valence-corrected chi connectivity index (χ2v) is 6.54. The van der Waals surface area contributed by atoms with Gasteiger partial charge in [0.1, 0.15) is 13.1 Å². The Morgan fingerprint density at radius 2 is 2.17 bits per heavy atom. The molecule has 3 rings (SSSR count). The molecule has 1 aliphatic heterocycles. The number of hydrogen-bond acceptors (Lipinski definition) is 6. The van der Waals surface area contributed by atoms with Crippen molar-refractivity contribution >= 4 is 38.6 Å². The molecule has 2 heterocycles. The summed E-state index contributed by atoms with van der Waals surface area (Å²) in [5, 5.41) is 3.39. The number of fused-ring (bicyclic) bond motifs is 1. The van der Waals surface area contributed by atoms with Crippen LogP contribution in [-0.2, 0) is 14.3 Å². The second kappa shape index (κ2) is 7.69. The summed E-state index contributed by atoms with van der Waals surface area (Å²) in [6.07, 6.45) is 0. The van der Waals surface area contributed by atoms with E-state index in [-0.39, 0.29) is 11.9 Å². The molecule has 0 aliphatic carbocycles. The number of rotatable bonds is 5. The number of carbonyl (C=O) groups excluding carboxylic acids is 2. The van der Waals surface area contributed by atoms with Gasteiger partial charge in [0.2, 0.25) is 0 Å². The van der Waals surface area contributed by atoms with E-state index in [1.165, 1.54) is 16.2 Å². The van der Waals surface area contributed by atoms with Gasteiger partial charge in [-0.3, -0.25) is 10.1 Å². The zero-order valence-corrected chi connectivity index (χ0v) is 14.3. The van der Waals surface area contributed by atoms with E-state index in [1.807, 2.05) is 0 Å². The maximum absolute atomic E-state index is 12.1. The SMILES string of the molecule is CCOC(=O)c1ccc2nc(NC(=O)C[NH+]3CCOCC3)sc2c1. The quantitative estimate of drug-likeness (QED) is 0.760. The first-order valence-corrected chi connectivity index (χ1v) is 8.76. The van der Waals surface area contributed by atoms with Crippen LogP contribution in [0, 0.1) is 0 Å². The molecule has 2 aromatic rings. The lowest BCUT2D eigenvalue weighted by Gasteiger charge is -2.22. The van der Waals surface area contributed by atoms with Gasteiger partial charge in [0.25, 0.3) is 5.91 Å². The molecule has 128 valence electrons. The molecule has 1 aliphatic rings. The number of anilines is 1. The molecule has 0 bridgehead atoms. The van der Waals surface area contributed by atoms with Gasteiger partial charge in [-0.25, -0.2) is 9.78 Å². The van der Waals surface area contributed by atoms with Gasteiger partial charge in [-0.05, 0) is 25.1 Å². The Balaban J connectivity index is 1.66. The topological polar surface area (TPSA) is 82.0 Å². The summed E-state index contributed by atoms with van der Waals surface area (Å²) >= 11 is 1.35. The molecule has 1 saturated heterocycles. The van der Waals surface area contributed by atoms with Crippen LogP contribution >= 0.6 is 11.3 Å². The Labute approximate surface area is 143 Å². The fourth-order valence-corrected chi connectivity index (χ4v) is 3.47. The molecular formula is C16H20N3O4S+. The highest BCUT2D eigenvalue weighted by Gasteiger charge is 2.19. The maximum atomic E-state index is 12.1. The zero-order chi connectivity index (χ0) is 16.9. The summed E-state index contributed by atoms with van der Waals surface area (Å²) in [7, 11) is 0. The molecule has 0 radical (unpaired) electrons.